The molecule has 0 aromatic rings. The second kappa shape index (κ2) is 4.25. The molecule has 18 heavy (non-hydrogen) atoms. The van der Waals surface area contributed by atoms with Crippen molar-refractivity contribution in [3.63, 3.8) is 0 Å². The lowest BCUT2D eigenvalue weighted by molar-refractivity contribution is -0.893. The first-order chi connectivity index (χ1) is 8.52. The SMILES string of the molecule is CC1=C(C[N+]2(C)CCCC2)CS[C@@H]2[C@H](N)C(=O)N12. The summed E-state index contributed by atoms with van der Waals surface area (Å²) in [5, 5.41) is 0.199. The van der Waals surface area contributed by atoms with E-state index in [4.69, 9.17) is 5.73 Å². The van der Waals surface area contributed by atoms with E-state index in [1.54, 1.807) is 0 Å². The highest BCUT2D eigenvalue weighted by Crippen LogP contribution is 2.39. The molecule has 5 heteroatoms. The number of hydrogen-bond donors (Lipinski definition) is 1. The van der Waals surface area contributed by atoms with Crippen molar-refractivity contribution in [2.24, 2.45) is 5.73 Å². The summed E-state index contributed by atoms with van der Waals surface area (Å²) >= 11 is 1.83. The molecule has 3 aliphatic heterocycles. The van der Waals surface area contributed by atoms with Crippen molar-refractivity contribution in [2.45, 2.75) is 31.2 Å². The lowest BCUT2D eigenvalue weighted by atomic mass is 10.0. The maximum atomic E-state index is 11.8. The number of thioether (sulfide) groups is 1. The number of carbonyl (C=O) groups is 1. The van der Waals surface area contributed by atoms with Gasteiger partial charge in [-0.05, 0) is 6.92 Å². The minimum atomic E-state index is -0.275. The molecule has 0 saturated carbocycles. The van der Waals surface area contributed by atoms with Crippen LogP contribution in [-0.4, -0.2) is 59.1 Å². The van der Waals surface area contributed by atoms with E-state index in [1.807, 2.05) is 16.7 Å². The molecule has 1 amide bonds. The Kier molecular flexibility index (Phi) is 2.95. The standard InChI is InChI=1S/C13H22N3OS/c1-9-10(7-16(2)5-3-4-6-16)8-18-13-11(14)12(17)15(9)13/h11,13H,3-8,14H2,1-2H3/q+1/t11-,13-/m1/s1. The van der Waals surface area contributed by atoms with Crippen LogP contribution < -0.4 is 5.73 Å². The summed E-state index contributed by atoms with van der Waals surface area (Å²) in [5.41, 5.74) is 8.46. The number of nitrogens with two attached hydrogens (primary N) is 1. The lowest BCUT2D eigenvalue weighted by Crippen LogP contribution is -2.67. The summed E-state index contributed by atoms with van der Waals surface area (Å²) in [4.78, 5) is 13.7. The van der Waals surface area contributed by atoms with E-state index in [0.717, 1.165) is 16.8 Å². The smallest absolute Gasteiger partial charge is 0.247 e. The van der Waals surface area contributed by atoms with Gasteiger partial charge in [-0.2, -0.15) is 0 Å². The van der Waals surface area contributed by atoms with Crippen molar-refractivity contribution in [3.8, 4) is 0 Å². The Bertz CT molecular complexity index is 414. The summed E-state index contributed by atoms with van der Waals surface area (Å²) in [5.74, 6) is 1.15. The average Bonchev–Trinajstić information content (AvgIpc) is 2.77. The third kappa shape index (κ3) is 1.80. The molecule has 3 aliphatic rings. The zero-order valence-corrected chi connectivity index (χ0v) is 12.0. The first kappa shape index (κ1) is 12.5. The molecule has 0 aromatic carbocycles. The van der Waals surface area contributed by atoms with Crippen LogP contribution in [0.4, 0.5) is 0 Å². The normalized spacial score (nSPS) is 34.6. The van der Waals surface area contributed by atoms with Crippen molar-refractivity contribution in [1.82, 2.24) is 4.90 Å². The number of allylic oxidation sites excluding steroid dienone is 1. The van der Waals surface area contributed by atoms with Crippen LogP contribution in [0.1, 0.15) is 19.8 Å². The zero-order valence-electron chi connectivity index (χ0n) is 11.2. The number of rotatable bonds is 2. The Hall–Kier alpha value is -0.520. The predicted molar refractivity (Wildman–Crippen MR) is 73.8 cm³/mol. The molecule has 3 heterocycles. The Morgan fingerprint density at radius 3 is 2.78 bits per heavy atom. The second-order valence-corrected chi connectivity index (χ2v) is 7.16. The van der Waals surface area contributed by atoms with Crippen LogP contribution in [0.15, 0.2) is 11.3 Å². The summed E-state index contributed by atoms with van der Waals surface area (Å²) in [6.45, 7) is 5.75. The molecule has 0 aliphatic carbocycles. The third-order valence-electron chi connectivity index (χ3n) is 4.60. The predicted octanol–water partition coefficient (Wildman–Crippen LogP) is 0.743. The molecular formula is C13H22N3OS+. The lowest BCUT2D eigenvalue weighted by Gasteiger charge is -2.49. The summed E-state index contributed by atoms with van der Waals surface area (Å²) in [6, 6.07) is -0.275. The number of fused-ring (bicyclic) bond motifs is 1. The number of nitrogens with zero attached hydrogens (tertiary/aromatic N) is 2. The quantitative estimate of drug-likeness (QED) is 0.593. The number of quaternary nitrogens is 1. The van der Waals surface area contributed by atoms with Gasteiger partial charge in [-0.25, -0.2) is 0 Å². The van der Waals surface area contributed by atoms with Gasteiger partial charge in [-0.3, -0.25) is 4.79 Å². The topological polar surface area (TPSA) is 46.3 Å². The van der Waals surface area contributed by atoms with Crippen molar-refractivity contribution in [3.05, 3.63) is 11.3 Å². The molecule has 2 fully saturated rings. The van der Waals surface area contributed by atoms with Gasteiger partial charge < -0.3 is 15.1 Å². The van der Waals surface area contributed by atoms with Crippen molar-refractivity contribution in [2.75, 3.05) is 32.4 Å². The Morgan fingerprint density at radius 2 is 2.11 bits per heavy atom. The van der Waals surface area contributed by atoms with Gasteiger partial charge >= 0.3 is 0 Å². The van der Waals surface area contributed by atoms with Gasteiger partial charge in [0.05, 0.1) is 20.1 Å². The van der Waals surface area contributed by atoms with Crippen LogP contribution in [0.2, 0.25) is 0 Å². The minimum Gasteiger partial charge on any atom is -0.322 e. The number of likely N-dealkylation sites (N-methyl/N-ethyl adjacent to an activating group) is 1. The number of carbonyl (C=O) groups excluding carboxylic acids is 1. The Labute approximate surface area is 113 Å². The van der Waals surface area contributed by atoms with Gasteiger partial charge in [0.25, 0.3) is 0 Å². The molecule has 100 valence electrons. The fourth-order valence-electron chi connectivity index (χ4n) is 3.36. The average molecular weight is 268 g/mol. The molecule has 2 atom stereocenters. The fourth-order valence-corrected chi connectivity index (χ4v) is 4.77. The maximum Gasteiger partial charge on any atom is 0.247 e. The van der Waals surface area contributed by atoms with E-state index in [9.17, 15) is 4.79 Å². The molecular weight excluding hydrogens is 246 g/mol. The molecule has 3 rings (SSSR count). The molecule has 0 aromatic heterocycles. The van der Waals surface area contributed by atoms with Gasteiger partial charge in [0.1, 0.15) is 18.0 Å². The third-order valence-corrected chi connectivity index (χ3v) is 5.96. The molecule has 2 saturated heterocycles. The molecule has 4 nitrogen and oxygen atoms in total. The van der Waals surface area contributed by atoms with Gasteiger partial charge in [-0.15, -0.1) is 11.8 Å². The van der Waals surface area contributed by atoms with Crippen LogP contribution in [0.5, 0.6) is 0 Å². The molecule has 0 spiro atoms. The molecule has 0 unspecified atom stereocenters. The second-order valence-electron chi connectivity index (χ2n) is 6.06. The van der Waals surface area contributed by atoms with Crippen LogP contribution in [0, 0.1) is 0 Å². The van der Waals surface area contributed by atoms with Gasteiger partial charge in [-0.1, -0.05) is 0 Å². The van der Waals surface area contributed by atoms with Crippen LogP contribution in [-0.2, 0) is 4.79 Å². The molecule has 0 bridgehead atoms. The fraction of sp³-hybridized carbons (Fsp3) is 0.769. The van der Waals surface area contributed by atoms with Gasteiger partial charge in [0.15, 0.2) is 0 Å². The van der Waals surface area contributed by atoms with E-state index in [1.165, 1.54) is 37.2 Å². The van der Waals surface area contributed by atoms with E-state index >= 15 is 0 Å². The largest absolute Gasteiger partial charge is 0.322 e. The molecule has 2 N–H and O–H groups in total. The van der Waals surface area contributed by atoms with Crippen LogP contribution in [0.25, 0.3) is 0 Å². The Balaban J connectivity index is 1.78. The first-order valence-electron chi connectivity index (χ1n) is 6.74. The Morgan fingerprint density at radius 1 is 1.44 bits per heavy atom. The highest BCUT2D eigenvalue weighted by molar-refractivity contribution is 8.00. The van der Waals surface area contributed by atoms with Gasteiger partial charge in [0, 0.05) is 29.9 Å². The zero-order chi connectivity index (χ0) is 12.9. The van der Waals surface area contributed by atoms with Crippen molar-refractivity contribution >= 4 is 17.7 Å². The summed E-state index contributed by atoms with van der Waals surface area (Å²) < 4.78 is 1.14. The first-order valence-corrected chi connectivity index (χ1v) is 7.79. The number of hydrogen-bond acceptors (Lipinski definition) is 3. The number of likely N-dealkylation sites (tertiary alicyclic amines) is 1. The highest BCUT2D eigenvalue weighted by Gasteiger charge is 2.49. The van der Waals surface area contributed by atoms with E-state index in [-0.39, 0.29) is 17.3 Å². The van der Waals surface area contributed by atoms with E-state index in [0.29, 0.717) is 0 Å². The monoisotopic (exact) mass is 268 g/mol. The van der Waals surface area contributed by atoms with Gasteiger partial charge in [0.2, 0.25) is 5.91 Å². The number of amides is 1. The van der Waals surface area contributed by atoms with Crippen LogP contribution >= 0.6 is 11.8 Å². The van der Waals surface area contributed by atoms with Crippen molar-refractivity contribution in [1.29, 1.82) is 0 Å². The molecule has 0 radical (unpaired) electrons. The minimum absolute atomic E-state index is 0.103. The van der Waals surface area contributed by atoms with E-state index < -0.39 is 0 Å². The maximum absolute atomic E-state index is 11.8. The highest BCUT2D eigenvalue weighted by atomic mass is 32.2. The number of β-lactam (4-membered cyclic amide) rings is 1. The van der Waals surface area contributed by atoms with Crippen molar-refractivity contribution < 1.29 is 9.28 Å². The van der Waals surface area contributed by atoms with E-state index in [2.05, 4.69) is 14.0 Å². The summed E-state index contributed by atoms with van der Waals surface area (Å²) in [6.07, 6.45) is 2.68. The summed E-state index contributed by atoms with van der Waals surface area (Å²) in [7, 11) is 2.34. The van der Waals surface area contributed by atoms with Crippen LogP contribution in [0.3, 0.4) is 0 Å².